The summed E-state index contributed by atoms with van der Waals surface area (Å²) < 4.78 is 11.6. The molecule has 21 heavy (non-hydrogen) atoms. The van der Waals surface area contributed by atoms with Gasteiger partial charge in [0.25, 0.3) is 0 Å². The Morgan fingerprint density at radius 2 is 1.95 bits per heavy atom. The van der Waals surface area contributed by atoms with Gasteiger partial charge in [-0.3, -0.25) is 0 Å². The quantitative estimate of drug-likeness (QED) is 0.732. The first kappa shape index (κ1) is 16.3. The summed E-state index contributed by atoms with van der Waals surface area (Å²) in [5.74, 6) is 0.980. The molecule has 1 fully saturated rings. The highest BCUT2D eigenvalue weighted by atomic mass is 16.5. The molecule has 0 aromatic heterocycles. The highest BCUT2D eigenvalue weighted by Gasteiger charge is 2.14. The molecule has 1 aliphatic rings. The van der Waals surface area contributed by atoms with Gasteiger partial charge in [0.05, 0.1) is 19.3 Å². The van der Waals surface area contributed by atoms with Crippen molar-refractivity contribution in [3.63, 3.8) is 0 Å². The normalized spacial score (nSPS) is 17.6. The van der Waals surface area contributed by atoms with Crippen LogP contribution in [0.25, 0.3) is 0 Å². The Hall–Kier alpha value is -1.06. The van der Waals surface area contributed by atoms with Crippen molar-refractivity contribution in [3.8, 4) is 5.75 Å². The average molecular weight is 291 g/mol. The Morgan fingerprint density at radius 3 is 2.71 bits per heavy atom. The predicted molar refractivity (Wildman–Crippen MR) is 86.9 cm³/mol. The summed E-state index contributed by atoms with van der Waals surface area (Å²) in [7, 11) is 0. The molecule has 2 rings (SSSR count). The number of rotatable bonds is 8. The summed E-state index contributed by atoms with van der Waals surface area (Å²) in [4.78, 5) is 0. The maximum atomic E-state index is 5.95. The van der Waals surface area contributed by atoms with Gasteiger partial charge in [-0.15, -0.1) is 0 Å². The Kier molecular flexibility index (Phi) is 7.04. The SMILES string of the molecule is CCOc1ccccc1C(C)NCCOC1CCCCC1. The minimum absolute atomic E-state index is 0.280. The molecule has 118 valence electrons. The van der Waals surface area contributed by atoms with Crippen LogP contribution in [0, 0.1) is 0 Å². The van der Waals surface area contributed by atoms with E-state index >= 15 is 0 Å². The topological polar surface area (TPSA) is 30.5 Å². The van der Waals surface area contributed by atoms with E-state index in [1.807, 2.05) is 19.1 Å². The smallest absolute Gasteiger partial charge is 0.124 e. The first-order chi connectivity index (χ1) is 10.3. The summed E-state index contributed by atoms with van der Waals surface area (Å²) in [6.45, 7) is 6.59. The van der Waals surface area contributed by atoms with E-state index in [0.29, 0.717) is 12.7 Å². The van der Waals surface area contributed by atoms with Gasteiger partial charge >= 0.3 is 0 Å². The van der Waals surface area contributed by atoms with E-state index in [0.717, 1.165) is 18.9 Å². The minimum Gasteiger partial charge on any atom is -0.494 e. The van der Waals surface area contributed by atoms with Gasteiger partial charge in [-0.2, -0.15) is 0 Å². The number of hydrogen-bond acceptors (Lipinski definition) is 3. The monoisotopic (exact) mass is 291 g/mol. The fourth-order valence-corrected chi connectivity index (χ4v) is 2.97. The van der Waals surface area contributed by atoms with E-state index in [9.17, 15) is 0 Å². The van der Waals surface area contributed by atoms with Crippen LogP contribution in [0.4, 0.5) is 0 Å². The van der Waals surface area contributed by atoms with Gasteiger partial charge in [0.1, 0.15) is 5.75 Å². The molecule has 1 aliphatic carbocycles. The molecule has 0 heterocycles. The van der Waals surface area contributed by atoms with Crippen LogP contribution in [-0.2, 0) is 4.74 Å². The van der Waals surface area contributed by atoms with Crippen molar-refractivity contribution in [3.05, 3.63) is 29.8 Å². The fourth-order valence-electron chi connectivity index (χ4n) is 2.97. The van der Waals surface area contributed by atoms with Crippen molar-refractivity contribution in [1.82, 2.24) is 5.32 Å². The van der Waals surface area contributed by atoms with Gasteiger partial charge in [-0.25, -0.2) is 0 Å². The molecule has 1 aromatic rings. The maximum absolute atomic E-state index is 5.95. The van der Waals surface area contributed by atoms with Gasteiger partial charge in [0.15, 0.2) is 0 Å². The summed E-state index contributed by atoms with van der Waals surface area (Å²) in [6, 6.07) is 8.53. The predicted octanol–water partition coefficient (Wildman–Crippen LogP) is 4.09. The molecule has 3 nitrogen and oxygen atoms in total. The molecule has 1 unspecified atom stereocenters. The third kappa shape index (κ3) is 5.33. The zero-order chi connectivity index (χ0) is 14.9. The number of ether oxygens (including phenoxy) is 2. The van der Waals surface area contributed by atoms with Gasteiger partial charge in [-0.05, 0) is 32.8 Å². The lowest BCUT2D eigenvalue weighted by Gasteiger charge is -2.23. The molecule has 0 aliphatic heterocycles. The molecule has 1 N–H and O–H groups in total. The van der Waals surface area contributed by atoms with Crippen LogP contribution in [0.1, 0.15) is 57.6 Å². The van der Waals surface area contributed by atoms with Crippen molar-refractivity contribution in [1.29, 1.82) is 0 Å². The summed E-state index contributed by atoms with van der Waals surface area (Å²) >= 11 is 0. The van der Waals surface area contributed by atoms with Crippen molar-refractivity contribution in [2.24, 2.45) is 0 Å². The van der Waals surface area contributed by atoms with E-state index in [2.05, 4.69) is 24.4 Å². The van der Waals surface area contributed by atoms with Crippen LogP contribution in [0.15, 0.2) is 24.3 Å². The molecule has 1 saturated carbocycles. The Morgan fingerprint density at radius 1 is 1.19 bits per heavy atom. The summed E-state index contributed by atoms with van der Waals surface area (Å²) in [5.41, 5.74) is 1.22. The van der Waals surface area contributed by atoms with E-state index in [4.69, 9.17) is 9.47 Å². The molecule has 0 bridgehead atoms. The molecule has 0 radical (unpaired) electrons. The second-order valence-electron chi connectivity index (χ2n) is 5.78. The number of para-hydroxylation sites is 1. The van der Waals surface area contributed by atoms with Crippen LogP contribution in [-0.4, -0.2) is 25.9 Å². The van der Waals surface area contributed by atoms with Gasteiger partial charge < -0.3 is 14.8 Å². The lowest BCUT2D eigenvalue weighted by Crippen LogP contribution is -2.26. The van der Waals surface area contributed by atoms with E-state index in [1.54, 1.807) is 0 Å². The Labute approximate surface area is 129 Å². The number of benzene rings is 1. The lowest BCUT2D eigenvalue weighted by atomic mass is 9.98. The highest BCUT2D eigenvalue weighted by Crippen LogP contribution is 2.24. The number of nitrogens with one attached hydrogen (secondary N) is 1. The molecule has 3 heteroatoms. The average Bonchev–Trinajstić information content (AvgIpc) is 2.53. The summed E-state index contributed by atoms with van der Waals surface area (Å²) in [6.07, 6.45) is 7.01. The van der Waals surface area contributed by atoms with E-state index < -0.39 is 0 Å². The molecule has 0 amide bonds. The molecule has 0 spiro atoms. The fraction of sp³-hybridized carbons (Fsp3) is 0.667. The zero-order valence-electron chi connectivity index (χ0n) is 13.4. The van der Waals surface area contributed by atoms with Crippen LogP contribution >= 0.6 is 0 Å². The molecular formula is C18H29NO2. The first-order valence-corrected chi connectivity index (χ1v) is 8.38. The van der Waals surface area contributed by atoms with Crippen LogP contribution in [0.2, 0.25) is 0 Å². The van der Waals surface area contributed by atoms with Crippen LogP contribution in [0.5, 0.6) is 5.75 Å². The Balaban J connectivity index is 1.72. The van der Waals surface area contributed by atoms with Crippen LogP contribution in [0.3, 0.4) is 0 Å². The maximum Gasteiger partial charge on any atom is 0.124 e. The largest absolute Gasteiger partial charge is 0.494 e. The van der Waals surface area contributed by atoms with Gasteiger partial charge in [0, 0.05) is 18.2 Å². The van der Waals surface area contributed by atoms with E-state index in [1.165, 1.54) is 37.7 Å². The molecule has 1 atom stereocenters. The standard InChI is InChI=1S/C18H29NO2/c1-3-20-18-12-8-7-11-17(18)15(2)19-13-14-21-16-9-5-4-6-10-16/h7-8,11-12,15-16,19H,3-6,9-10,13-14H2,1-2H3. The highest BCUT2D eigenvalue weighted by molar-refractivity contribution is 5.35. The van der Waals surface area contributed by atoms with Gasteiger partial charge in [0.2, 0.25) is 0 Å². The second-order valence-corrected chi connectivity index (χ2v) is 5.78. The van der Waals surface area contributed by atoms with Crippen molar-refractivity contribution < 1.29 is 9.47 Å². The van der Waals surface area contributed by atoms with Crippen molar-refractivity contribution >= 4 is 0 Å². The minimum atomic E-state index is 0.280. The third-order valence-electron chi connectivity index (χ3n) is 4.14. The number of hydrogen-bond donors (Lipinski definition) is 1. The Bertz CT molecular complexity index is 402. The molecule has 1 aromatic carbocycles. The third-order valence-corrected chi connectivity index (χ3v) is 4.14. The van der Waals surface area contributed by atoms with E-state index in [-0.39, 0.29) is 6.04 Å². The first-order valence-electron chi connectivity index (χ1n) is 8.38. The summed E-state index contributed by atoms with van der Waals surface area (Å²) in [5, 5.41) is 3.53. The second kappa shape index (κ2) is 9.06. The van der Waals surface area contributed by atoms with Crippen molar-refractivity contribution in [2.45, 2.75) is 58.1 Å². The molecule has 0 saturated heterocycles. The van der Waals surface area contributed by atoms with Crippen LogP contribution < -0.4 is 10.1 Å². The molecular weight excluding hydrogens is 262 g/mol. The van der Waals surface area contributed by atoms with Crippen molar-refractivity contribution in [2.75, 3.05) is 19.8 Å². The van der Waals surface area contributed by atoms with Gasteiger partial charge in [-0.1, -0.05) is 37.5 Å². The lowest BCUT2D eigenvalue weighted by molar-refractivity contribution is 0.0295. The zero-order valence-corrected chi connectivity index (χ0v) is 13.4.